The molecule has 0 unspecified atom stereocenters. The molecule has 1 saturated heterocycles. The van der Waals surface area contributed by atoms with Crippen LogP contribution in [-0.2, 0) is 0 Å². The van der Waals surface area contributed by atoms with Gasteiger partial charge in [-0.15, -0.1) is 6.58 Å². The van der Waals surface area contributed by atoms with Crippen molar-refractivity contribution in [1.29, 1.82) is 0 Å². The van der Waals surface area contributed by atoms with E-state index in [0.29, 0.717) is 0 Å². The fourth-order valence-corrected chi connectivity index (χ4v) is 2.04. The monoisotopic (exact) mass is 202 g/mol. The topological polar surface area (TPSA) is 15.3 Å². The van der Waals surface area contributed by atoms with Crippen molar-refractivity contribution >= 4 is 11.4 Å². The lowest BCUT2D eigenvalue weighted by atomic mass is 10.2. The highest BCUT2D eigenvalue weighted by Gasteiger charge is 2.14. The van der Waals surface area contributed by atoms with Crippen LogP contribution in [0.15, 0.2) is 36.9 Å². The van der Waals surface area contributed by atoms with E-state index in [4.69, 9.17) is 0 Å². The van der Waals surface area contributed by atoms with Crippen LogP contribution in [-0.4, -0.2) is 19.6 Å². The fraction of sp³-hybridized carbons (Fsp3) is 0.385. The van der Waals surface area contributed by atoms with E-state index in [1.54, 1.807) is 0 Å². The summed E-state index contributed by atoms with van der Waals surface area (Å²) in [6.07, 6.45) is 4.52. The molecule has 15 heavy (non-hydrogen) atoms. The Morgan fingerprint density at radius 3 is 2.73 bits per heavy atom. The van der Waals surface area contributed by atoms with E-state index in [1.807, 2.05) is 6.08 Å². The van der Waals surface area contributed by atoms with Crippen LogP contribution in [0.5, 0.6) is 0 Å². The average molecular weight is 202 g/mol. The molecule has 0 saturated carbocycles. The summed E-state index contributed by atoms with van der Waals surface area (Å²) in [7, 11) is 0. The summed E-state index contributed by atoms with van der Waals surface area (Å²) in [5.74, 6) is 0. The Bertz CT molecular complexity index is 327. The Morgan fingerprint density at radius 2 is 2.00 bits per heavy atom. The summed E-state index contributed by atoms with van der Waals surface area (Å²) >= 11 is 0. The zero-order valence-electron chi connectivity index (χ0n) is 9.08. The number of para-hydroxylation sites is 2. The van der Waals surface area contributed by atoms with Crippen molar-refractivity contribution in [3.63, 3.8) is 0 Å². The van der Waals surface area contributed by atoms with Gasteiger partial charge in [-0.25, -0.2) is 0 Å². The third kappa shape index (κ3) is 2.32. The van der Waals surface area contributed by atoms with Crippen LogP contribution in [0.1, 0.15) is 12.8 Å². The normalized spacial score (nSPS) is 15.3. The van der Waals surface area contributed by atoms with Gasteiger partial charge < -0.3 is 10.2 Å². The molecule has 2 rings (SSSR count). The summed E-state index contributed by atoms with van der Waals surface area (Å²) in [6, 6.07) is 8.51. The third-order valence-corrected chi connectivity index (χ3v) is 2.79. The third-order valence-electron chi connectivity index (χ3n) is 2.79. The Balaban J connectivity index is 2.16. The first-order chi connectivity index (χ1) is 7.42. The van der Waals surface area contributed by atoms with E-state index in [-0.39, 0.29) is 0 Å². The second-order valence-electron chi connectivity index (χ2n) is 3.88. The zero-order valence-corrected chi connectivity index (χ0v) is 9.08. The average Bonchev–Trinajstić information content (AvgIpc) is 2.80. The summed E-state index contributed by atoms with van der Waals surface area (Å²) in [4.78, 5) is 2.45. The molecule has 1 aliphatic rings. The number of benzene rings is 1. The van der Waals surface area contributed by atoms with Crippen molar-refractivity contribution in [3.05, 3.63) is 36.9 Å². The molecule has 1 aliphatic heterocycles. The van der Waals surface area contributed by atoms with Crippen molar-refractivity contribution in [3.8, 4) is 0 Å². The Morgan fingerprint density at radius 1 is 1.27 bits per heavy atom. The van der Waals surface area contributed by atoms with Gasteiger partial charge >= 0.3 is 0 Å². The number of nitrogens with one attached hydrogen (secondary N) is 1. The van der Waals surface area contributed by atoms with Gasteiger partial charge in [-0.1, -0.05) is 18.2 Å². The molecule has 0 aromatic heterocycles. The van der Waals surface area contributed by atoms with Gasteiger partial charge in [-0.05, 0) is 25.0 Å². The molecule has 0 bridgehead atoms. The molecular weight excluding hydrogens is 184 g/mol. The maximum atomic E-state index is 3.73. The van der Waals surface area contributed by atoms with Gasteiger partial charge in [0.25, 0.3) is 0 Å². The zero-order chi connectivity index (χ0) is 10.5. The van der Waals surface area contributed by atoms with E-state index >= 15 is 0 Å². The highest BCUT2D eigenvalue weighted by molar-refractivity contribution is 5.70. The number of anilines is 2. The molecule has 2 nitrogen and oxygen atoms in total. The summed E-state index contributed by atoms with van der Waals surface area (Å²) in [6.45, 7) is 6.93. The smallest absolute Gasteiger partial charge is 0.0602 e. The SMILES string of the molecule is C=CCNc1ccccc1N1CCCC1. The lowest BCUT2D eigenvalue weighted by Crippen LogP contribution is -2.19. The highest BCUT2D eigenvalue weighted by atomic mass is 15.2. The molecule has 1 aromatic carbocycles. The molecule has 0 spiro atoms. The first kappa shape index (κ1) is 10.1. The van der Waals surface area contributed by atoms with Crippen molar-refractivity contribution in [1.82, 2.24) is 0 Å². The van der Waals surface area contributed by atoms with Gasteiger partial charge in [0.2, 0.25) is 0 Å². The molecule has 1 aromatic rings. The first-order valence-electron chi connectivity index (χ1n) is 5.60. The van der Waals surface area contributed by atoms with Crippen LogP contribution in [0.2, 0.25) is 0 Å². The highest BCUT2D eigenvalue weighted by Crippen LogP contribution is 2.28. The van der Waals surface area contributed by atoms with Gasteiger partial charge in [0.05, 0.1) is 11.4 Å². The minimum atomic E-state index is 0.824. The van der Waals surface area contributed by atoms with Gasteiger partial charge in [0, 0.05) is 19.6 Å². The van der Waals surface area contributed by atoms with Crippen molar-refractivity contribution < 1.29 is 0 Å². The quantitative estimate of drug-likeness (QED) is 0.755. The van der Waals surface area contributed by atoms with Crippen LogP contribution < -0.4 is 10.2 Å². The lowest BCUT2D eigenvalue weighted by molar-refractivity contribution is 0.949. The maximum absolute atomic E-state index is 3.73. The van der Waals surface area contributed by atoms with Crippen LogP contribution in [0, 0.1) is 0 Å². The van der Waals surface area contributed by atoms with Gasteiger partial charge in [0.15, 0.2) is 0 Å². The number of hydrogen-bond acceptors (Lipinski definition) is 2. The number of rotatable bonds is 4. The van der Waals surface area contributed by atoms with Crippen molar-refractivity contribution in [2.75, 3.05) is 29.9 Å². The Hall–Kier alpha value is -1.44. The van der Waals surface area contributed by atoms with E-state index in [2.05, 4.69) is 41.1 Å². The van der Waals surface area contributed by atoms with E-state index in [1.165, 1.54) is 37.3 Å². The van der Waals surface area contributed by atoms with Crippen LogP contribution in [0.4, 0.5) is 11.4 Å². The maximum Gasteiger partial charge on any atom is 0.0602 e. The molecule has 0 radical (unpaired) electrons. The van der Waals surface area contributed by atoms with E-state index < -0.39 is 0 Å². The molecular formula is C13H18N2. The van der Waals surface area contributed by atoms with Gasteiger partial charge in [-0.2, -0.15) is 0 Å². The molecule has 0 amide bonds. The molecule has 0 aliphatic carbocycles. The number of nitrogens with zero attached hydrogens (tertiary/aromatic N) is 1. The van der Waals surface area contributed by atoms with Crippen LogP contribution >= 0.6 is 0 Å². The molecule has 2 heteroatoms. The van der Waals surface area contributed by atoms with Crippen molar-refractivity contribution in [2.24, 2.45) is 0 Å². The fourth-order valence-electron chi connectivity index (χ4n) is 2.04. The largest absolute Gasteiger partial charge is 0.380 e. The molecule has 80 valence electrons. The van der Waals surface area contributed by atoms with Crippen LogP contribution in [0.3, 0.4) is 0 Å². The second-order valence-corrected chi connectivity index (χ2v) is 3.88. The summed E-state index contributed by atoms with van der Waals surface area (Å²) in [5, 5.41) is 3.38. The molecule has 1 N–H and O–H groups in total. The van der Waals surface area contributed by atoms with E-state index in [0.717, 1.165) is 6.54 Å². The van der Waals surface area contributed by atoms with E-state index in [9.17, 15) is 0 Å². The summed E-state index contributed by atoms with van der Waals surface area (Å²) < 4.78 is 0. The Kier molecular flexibility index (Phi) is 3.28. The lowest BCUT2D eigenvalue weighted by Gasteiger charge is -2.21. The summed E-state index contributed by atoms with van der Waals surface area (Å²) in [5.41, 5.74) is 2.55. The minimum absolute atomic E-state index is 0.824. The van der Waals surface area contributed by atoms with Crippen LogP contribution in [0.25, 0.3) is 0 Å². The first-order valence-corrected chi connectivity index (χ1v) is 5.60. The Labute approximate surface area is 91.6 Å². The standard InChI is InChI=1S/C13H18N2/c1-2-9-14-12-7-3-4-8-13(12)15-10-5-6-11-15/h2-4,7-8,14H,1,5-6,9-11H2. The van der Waals surface area contributed by atoms with Crippen molar-refractivity contribution in [2.45, 2.75) is 12.8 Å². The minimum Gasteiger partial charge on any atom is -0.380 e. The molecule has 1 fully saturated rings. The van der Waals surface area contributed by atoms with Gasteiger partial charge in [-0.3, -0.25) is 0 Å². The molecule has 0 atom stereocenters. The number of hydrogen-bond donors (Lipinski definition) is 1. The predicted molar refractivity (Wildman–Crippen MR) is 66.6 cm³/mol. The second kappa shape index (κ2) is 4.87. The van der Waals surface area contributed by atoms with Gasteiger partial charge in [0.1, 0.15) is 0 Å². The predicted octanol–water partition coefficient (Wildman–Crippen LogP) is 2.88. The molecule has 1 heterocycles.